The van der Waals surface area contributed by atoms with Crippen molar-refractivity contribution >= 4 is 27.3 Å². The Morgan fingerprint density at radius 2 is 1.68 bits per heavy atom. The zero-order valence-electron chi connectivity index (χ0n) is 15.5. The van der Waals surface area contributed by atoms with Gasteiger partial charge in [-0.3, -0.25) is 9.59 Å². The van der Waals surface area contributed by atoms with E-state index < -0.39 is 15.1 Å². The van der Waals surface area contributed by atoms with Crippen LogP contribution >= 0.6 is 0 Å². The van der Waals surface area contributed by atoms with E-state index in [0.29, 0.717) is 29.0 Å². The summed E-state index contributed by atoms with van der Waals surface area (Å²) in [6, 6.07) is 14.8. The van der Waals surface area contributed by atoms with Crippen LogP contribution < -0.4 is 10.2 Å². The summed E-state index contributed by atoms with van der Waals surface area (Å²) in [7, 11) is -1.73. The van der Waals surface area contributed by atoms with Gasteiger partial charge in [0.2, 0.25) is 5.91 Å². The van der Waals surface area contributed by atoms with Crippen LogP contribution in [-0.4, -0.2) is 38.6 Å². The molecule has 2 aromatic rings. The Kier molecular flexibility index (Phi) is 5.65. The molecule has 146 valence electrons. The average Bonchev–Trinajstić information content (AvgIpc) is 2.69. The molecule has 2 amide bonds. The van der Waals surface area contributed by atoms with Gasteiger partial charge >= 0.3 is 0 Å². The van der Waals surface area contributed by atoms with Gasteiger partial charge in [0.1, 0.15) is 0 Å². The van der Waals surface area contributed by atoms with Crippen molar-refractivity contribution in [1.29, 1.82) is 0 Å². The molecule has 0 atom stereocenters. The Balaban J connectivity index is 1.57. The molecule has 1 aliphatic rings. The maximum atomic E-state index is 12.5. The van der Waals surface area contributed by atoms with Crippen LogP contribution in [0.5, 0.6) is 0 Å². The second-order valence-corrected chi connectivity index (χ2v) is 9.00. The maximum Gasteiger partial charge on any atom is 0.251 e. The van der Waals surface area contributed by atoms with Crippen LogP contribution in [0.4, 0.5) is 5.69 Å². The van der Waals surface area contributed by atoms with E-state index in [1.807, 2.05) is 0 Å². The number of rotatable bonds is 6. The number of anilines is 1. The highest BCUT2D eigenvalue weighted by molar-refractivity contribution is 7.92. The van der Waals surface area contributed by atoms with E-state index in [2.05, 4.69) is 11.9 Å². The van der Waals surface area contributed by atoms with Crippen LogP contribution in [-0.2, 0) is 14.6 Å². The molecule has 7 heteroatoms. The fourth-order valence-electron chi connectivity index (χ4n) is 3.11. The summed E-state index contributed by atoms with van der Waals surface area (Å²) >= 11 is 0. The van der Waals surface area contributed by atoms with Gasteiger partial charge in [0.05, 0.1) is 10.1 Å². The summed E-state index contributed by atoms with van der Waals surface area (Å²) in [5, 5.41) is 2.40. The minimum absolute atomic E-state index is 0.166. The molecular formula is C21H22N2O4S. The Hall–Kier alpha value is -2.93. The number of sulfone groups is 1. The molecule has 1 fully saturated rings. The predicted octanol–water partition coefficient (Wildman–Crippen LogP) is 2.57. The van der Waals surface area contributed by atoms with Crippen molar-refractivity contribution in [3.05, 3.63) is 72.8 Å². The SMILES string of the molecule is C=CC(=O)N(C)c1ccc(C(=O)NC2CC(S(=O)(=O)c3ccccc3)C2)cc1. The highest BCUT2D eigenvalue weighted by Crippen LogP contribution is 2.31. The zero-order valence-corrected chi connectivity index (χ0v) is 16.4. The minimum Gasteiger partial charge on any atom is -0.349 e. The second-order valence-electron chi connectivity index (χ2n) is 6.77. The van der Waals surface area contributed by atoms with Gasteiger partial charge in [-0.1, -0.05) is 24.8 Å². The van der Waals surface area contributed by atoms with Gasteiger partial charge in [-0.05, 0) is 55.3 Å². The van der Waals surface area contributed by atoms with Crippen LogP contribution in [0.3, 0.4) is 0 Å². The Bertz CT molecular complexity index is 979. The van der Waals surface area contributed by atoms with Crippen molar-refractivity contribution in [3.8, 4) is 0 Å². The van der Waals surface area contributed by atoms with E-state index in [0.717, 1.165) is 0 Å². The average molecular weight is 398 g/mol. The smallest absolute Gasteiger partial charge is 0.251 e. The number of carbonyl (C=O) groups is 2. The number of nitrogens with zero attached hydrogens (tertiary/aromatic N) is 1. The molecule has 0 spiro atoms. The maximum absolute atomic E-state index is 12.5. The minimum atomic E-state index is -3.36. The van der Waals surface area contributed by atoms with Crippen LogP contribution in [0.1, 0.15) is 23.2 Å². The molecule has 0 unspecified atom stereocenters. The van der Waals surface area contributed by atoms with E-state index >= 15 is 0 Å². The lowest BCUT2D eigenvalue weighted by atomic mass is 9.92. The normalized spacial score (nSPS) is 18.6. The molecule has 1 saturated carbocycles. The summed E-state index contributed by atoms with van der Waals surface area (Å²) < 4.78 is 25.1. The van der Waals surface area contributed by atoms with Crippen molar-refractivity contribution in [2.75, 3.05) is 11.9 Å². The van der Waals surface area contributed by atoms with Gasteiger partial charge in [0.25, 0.3) is 5.91 Å². The van der Waals surface area contributed by atoms with Crippen molar-refractivity contribution in [3.63, 3.8) is 0 Å². The van der Waals surface area contributed by atoms with Crippen LogP contribution in [0.25, 0.3) is 0 Å². The fourth-order valence-corrected chi connectivity index (χ4v) is 5.00. The van der Waals surface area contributed by atoms with Gasteiger partial charge in [0.15, 0.2) is 9.84 Å². The lowest BCUT2D eigenvalue weighted by Crippen LogP contribution is -2.49. The molecule has 2 aromatic carbocycles. The van der Waals surface area contributed by atoms with E-state index in [4.69, 9.17) is 0 Å². The number of nitrogens with one attached hydrogen (secondary N) is 1. The van der Waals surface area contributed by atoms with E-state index in [9.17, 15) is 18.0 Å². The van der Waals surface area contributed by atoms with Gasteiger partial charge in [0, 0.05) is 24.3 Å². The molecule has 3 rings (SSSR count). The van der Waals surface area contributed by atoms with E-state index in [1.165, 1.54) is 11.0 Å². The van der Waals surface area contributed by atoms with E-state index in [-0.39, 0.29) is 17.9 Å². The number of likely N-dealkylation sites (N-methyl/N-ethyl adjacent to an activating group) is 1. The largest absolute Gasteiger partial charge is 0.349 e. The Morgan fingerprint density at radius 3 is 2.25 bits per heavy atom. The van der Waals surface area contributed by atoms with Crippen molar-refractivity contribution in [1.82, 2.24) is 5.32 Å². The summed E-state index contributed by atoms with van der Waals surface area (Å²) in [5.74, 6) is -0.498. The summed E-state index contributed by atoms with van der Waals surface area (Å²) in [5.41, 5.74) is 1.11. The lowest BCUT2D eigenvalue weighted by Gasteiger charge is -2.35. The van der Waals surface area contributed by atoms with Gasteiger partial charge in [-0.15, -0.1) is 0 Å². The van der Waals surface area contributed by atoms with Crippen molar-refractivity contribution in [2.24, 2.45) is 0 Å². The van der Waals surface area contributed by atoms with Crippen molar-refractivity contribution in [2.45, 2.75) is 29.0 Å². The molecule has 6 nitrogen and oxygen atoms in total. The number of benzene rings is 2. The molecule has 0 aromatic heterocycles. The second kappa shape index (κ2) is 7.98. The number of carbonyl (C=O) groups excluding carboxylic acids is 2. The third-order valence-electron chi connectivity index (χ3n) is 4.96. The molecule has 0 saturated heterocycles. The van der Waals surface area contributed by atoms with Crippen LogP contribution in [0.2, 0.25) is 0 Å². The van der Waals surface area contributed by atoms with E-state index in [1.54, 1.807) is 61.6 Å². The molecular weight excluding hydrogens is 376 g/mol. The standard InChI is InChI=1S/C21H22N2O4S/c1-3-20(24)23(2)17-11-9-15(10-12-17)21(25)22-16-13-19(14-16)28(26,27)18-7-5-4-6-8-18/h3-12,16,19H,1,13-14H2,2H3,(H,22,25). The molecule has 1 N–H and O–H groups in total. The lowest BCUT2D eigenvalue weighted by molar-refractivity contribution is -0.113. The Morgan fingerprint density at radius 1 is 1.07 bits per heavy atom. The predicted molar refractivity (Wildman–Crippen MR) is 108 cm³/mol. The van der Waals surface area contributed by atoms with Crippen LogP contribution in [0, 0.1) is 0 Å². The molecule has 0 heterocycles. The van der Waals surface area contributed by atoms with Gasteiger partial charge in [-0.25, -0.2) is 8.42 Å². The number of hydrogen-bond donors (Lipinski definition) is 1. The monoisotopic (exact) mass is 398 g/mol. The number of hydrogen-bond acceptors (Lipinski definition) is 4. The topological polar surface area (TPSA) is 83.6 Å². The zero-order chi connectivity index (χ0) is 20.3. The first-order chi connectivity index (χ1) is 13.3. The highest BCUT2D eigenvalue weighted by Gasteiger charge is 2.40. The first kappa shape index (κ1) is 19.8. The van der Waals surface area contributed by atoms with Crippen molar-refractivity contribution < 1.29 is 18.0 Å². The summed E-state index contributed by atoms with van der Waals surface area (Å²) in [4.78, 5) is 25.8. The molecule has 1 aliphatic carbocycles. The molecule has 0 aliphatic heterocycles. The first-order valence-electron chi connectivity index (χ1n) is 8.93. The number of amides is 2. The Labute approximate surface area is 164 Å². The molecule has 28 heavy (non-hydrogen) atoms. The fraction of sp³-hybridized carbons (Fsp3) is 0.238. The summed E-state index contributed by atoms with van der Waals surface area (Å²) in [6.07, 6.45) is 2.02. The van der Waals surface area contributed by atoms with Gasteiger partial charge in [-0.2, -0.15) is 0 Å². The first-order valence-corrected chi connectivity index (χ1v) is 10.5. The summed E-state index contributed by atoms with van der Waals surface area (Å²) in [6.45, 7) is 3.45. The van der Waals surface area contributed by atoms with Gasteiger partial charge < -0.3 is 10.2 Å². The molecule has 0 radical (unpaired) electrons. The highest BCUT2D eigenvalue weighted by atomic mass is 32.2. The molecule has 0 bridgehead atoms. The third-order valence-corrected chi connectivity index (χ3v) is 7.15. The van der Waals surface area contributed by atoms with Crippen LogP contribution in [0.15, 0.2) is 72.1 Å². The third kappa shape index (κ3) is 3.99. The quantitative estimate of drug-likeness (QED) is 0.758.